The Hall–Kier alpha value is -3.37. The number of imidazole rings is 1. The number of hydrogen-bond acceptors (Lipinski definition) is 5. The summed E-state index contributed by atoms with van der Waals surface area (Å²) in [6, 6.07) is 16.7. The molecule has 0 aliphatic carbocycles. The van der Waals surface area contributed by atoms with Crippen molar-refractivity contribution >= 4 is 16.9 Å². The molecule has 1 aromatic heterocycles. The number of likely N-dealkylation sites (N-methyl/N-ethyl adjacent to an activating group) is 1. The zero-order chi connectivity index (χ0) is 18.5. The van der Waals surface area contributed by atoms with Crippen molar-refractivity contribution in [2.45, 2.75) is 13.2 Å². The van der Waals surface area contributed by atoms with Crippen molar-refractivity contribution in [3.63, 3.8) is 0 Å². The molecule has 0 saturated carbocycles. The number of nitriles is 1. The number of para-hydroxylation sites is 1. The first-order chi connectivity index (χ1) is 12.6. The molecule has 3 rings (SSSR count). The van der Waals surface area contributed by atoms with Gasteiger partial charge >= 0.3 is 0 Å². The molecule has 132 valence electrons. The minimum Gasteiger partial charge on any atom is -0.486 e. The largest absolute Gasteiger partial charge is 0.486 e. The third-order valence-electron chi connectivity index (χ3n) is 3.99. The third kappa shape index (κ3) is 3.66. The number of aromatic nitrogens is 2. The fraction of sp³-hybridized carbons (Fsp3) is 0.211. The number of amides is 1. The summed E-state index contributed by atoms with van der Waals surface area (Å²) in [4.78, 5) is 21.8. The summed E-state index contributed by atoms with van der Waals surface area (Å²) < 4.78 is 7.56. The van der Waals surface area contributed by atoms with E-state index < -0.39 is 0 Å². The quantitative estimate of drug-likeness (QED) is 0.638. The van der Waals surface area contributed by atoms with Gasteiger partial charge in [-0.3, -0.25) is 9.63 Å². The van der Waals surface area contributed by atoms with E-state index in [9.17, 15) is 4.79 Å². The third-order valence-corrected chi connectivity index (χ3v) is 3.99. The highest BCUT2D eigenvalue weighted by Gasteiger charge is 2.17. The average Bonchev–Trinajstić information content (AvgIpc) is 3.02. The second-order valence-electron chi connectivity index (χ2n) is 5.60. The topological polar surface area (TPSA) is 80.4 Å². The van der Waals surface area contributed by atoms with Gasteiger partial charge in [-0.25, -0.2) is 10.0 Å². The normalized spacial score (nSPS) is 10.5. The van der Waals surface area contributed by atoms with Gasteiger partial charge in [0.25, 0.3) is 5.91 Å². The summed E-state index contributed by atoms with van der Waals surface area (Å²) in [5.74, 6) is 1.08. The Balaban J connectivity index is 1.95. The summed E-state index contributed by atoms with van der Waals surface area (Å²) >= 11 is 0. The maximum atomic E-state index is 12.3. The van der Waals surface area contributed by atoms with Crippen molar-refractivity contribution in [2.75, 3.05) is 14.2 Å². The van der Waals surface area contributed by atoms with Crippen LogP contribution in [0.3, 0.4) is 0 Å². The van der Waals surface area contributed by atoms with Crippen molar-refractivity contribution in [1.82, 2.24) is 14.6 Å². The van der Waals surface area contributed by atoms with E-state index in [0.29, 0.717) is 22.7 Å². The Morgan fingerprint density at radius 1 is 1.27 bits per heavy atom. The van der Waals surface area contributed by atoms with E-state index in [1.165, 1.54) is 7.11 Å². The Kier molecular flexibility index (Phi) is 5.15. The molecule has 0 spiro atoms. The second-order valence-corrected chi connectivity index (χ2v) is 5.60. The molecule has 3 aromatic rings. The Morgan fingerprint density at radius 2 is 2.04 bits per heavy atom. The molecule has 0 unspecified atom stereocenters. The van der Waals surface area contributed by atoms with Gasteiger partial charge < -0.3 is 9.30 Å². The highest BCUT2D eigenvalue weighted by atomic mass is 16.7. The number of fused-ring (bicyclic) bond motifs is 1. The van der Waals surface area contributed by atoms with Crippen LogP contribution in [0.15, 0.2) is 48.5 Å². The number of rotatable bonds is 6. The van der Waals surface area contributed by atoms with Crippen LogP contribution >= 0.6 is 0 Å². The molecule has 0 radical (unpaired) electrons. The average molecular weight is 350 g/mol. The van der Waals surface area contributed by atoms with E-state index in [0.717, 1.165) is 10.6 Å². The minimum absolute atomic E-state index is 0.0558. The number of hydrogen-bond donors (Lipinski definition) is 0. The molecule has 0 saturated heterocycles. The van der Waals surface area contributed by atoms with Gasteiger partial charge in [-0.1, -0.05) is 18.2 Å². The molecule has 0 aliphatic heterocycles. The van der Waals surface area contributed by atoms with Crippen molar-refractivity contribution in [3.05, 3.63) is 59.9 Å². The fourth-order valence-electron chi connectivity index (χ4n) is 2.54. The van der Waals surface area contributed by atoms with Crippen molar-refractivity contribution in [3.8, 4) is 11.8 Å². The lowest BCUT2D eigenvalue weighted by Crippen LogP contribution is -2.29. The van der Waals surface area contributed by atoms with Gasteiger partial charge in [0.15, 0.2) is 0 Å². The zero-order valence-electron chi connectivity index (χ0n) is 14.5. The number of nitrogens with zero attached hydrogens (tertiary/aromatic N) is 4. The predicted molar refractivity (Wildman–Crippen MR) is 95.0 cm³/mol. The fourth-order valence-corrected chi connectivity index (χ4v) is 2.54. The lowest BCUT2D eigenvalue weighted by molar-refractivity contribution is -0.169. The monoisotopic (exact) mass is 350 g/mol. The van der Waals surface area contributed by atoms with Gasteiger partial charge in [0.05, 0.1) is 29.8 Å². The first-order valence-electron chi connectivity index (χ1n) is 8.00. The molecule has 1 amide bonds. The van der Waals surface area contributed by atoms with Gasteiger partial charge in [0, 0.05) is 7.05 Å². The lowest BCUT2D eigenvalue weighted by atomic mass is 10.2. The predicted octanol–water partition coefficient (Wildman–Crippen LogP) is 2.51. The van der Waals surface area contributed by atoms with Gasteiger partial charge in [-0.05, 0) is 30.3 Å². The highest BCUT2D eigenvalue weighted by Crippen LogP contribution is 2.20. The minimum atomic E-state index is -0.225. The number of benzene rings is 2. The first kappa shape index (κ1) is 17.5. The van der Waals surface area contributed by atoms with Gasteiger partial charge in [-0.15, -0.1) is 0 Å². The maximum Gasteiger partial charge on any atom is 0.265 e. The Labute approximate surface area is 150 Å². The van der Waals surface area contributed by atoms with Gasteiger partial charge in [0.2, 0.25) is 0 Å². The molecule has 0 N–H and O–H groups in total. The molecule has 7 nitrogen and oxygen atoms in total. The van der Waals surface area contributed by atoms with Crippen LogP contribution in [0.5, 0.6) is 5.75 Å². The molecule has 26 heavy (non-hydrogen) atoms. The van der Waals surface area contributed by atoms with Crippen LogP contribution in [0, 0.1) is 11.3 Å². The molecule has 1 heterocycles. The number of hydroxylamine groups is 2. The van der Waals surface area contributed by atoms with Crippen LogP contribution in [0.1, 0.15) is 11.4 Å². The van der Waals surface area contributed by atoms with E-state index in [1.807, 2.05) is 30.3 Å². The molecule has 2 aromatic carbocycles. The van der Waals surface area contributed by atoms with E-state index in [1.54, 1.807) is 29.8 Å². The summed E-state index contributed by atoms with van der Waals surface area (Å²) in [7, 11) is 2.98. The Bertz CT molecular complexity index is 960. The molecule has 0 atom stereocenters. The van der Waals surface area contributed by atoms with Crippen LogP contribution in [0.4, 0.5) is 0 Å². The van der Waals surface area contributed by atoms with Crippen molar-refractivity contribution < 1.29 is 14.4 Å². The van der Waals surface area contributed by atoms with Crippen molar-refractivity contribution in [2.24, 2.45) is 0 Å². The van der Waals surface area contributed by atoms with E-state index in [2.05, 4.69) is 11.1 Å². The molecule has 0 aliphatic rings. The van der Waals surface area contributed by atoms with Crippen LogP contribution in [-0.2, 0) is 22.8 Å². The zero-order valence-corrected chi connectivity index (χ0v) is 14.5. The van der Waals surface area contributed by atoms with E-state index in [-0.39, 0.29) is 19.1 Å². The summed E-state index contributed by atoms with van der Waals surface area (Å²) in [5.41, 5.74) is 1.91. The number of carbonyl (C=O) groups excluding carboxylic acids is 1. The number of carbonyl (C=O) groups is 1. The molecular weight excluding hydrogens is 332 g/mol. The highest BCUT2D eigenvalue weighted by molar-refractivity contribution is 5.81. The summed E-state index contributed by atoms with van der Waals surface area (Å²) in [6.07, 6.45) is 0. The molecular formula is C19H18N4O3. The molecule has 7 heteroatoms. The van der Waals surface area contributed by atoms with Crippen LogP contribution in [-0.4, -0.2) is 34.7 Å². The second kappa shape index (κ2) is 7.68. The maximum absolute atomic E-state index is 12.3. The summed E-state index contributed by atoms with van der Waals surface area (Å²) in [6.45, 7) is 0.255. The first-order valence-corrected chi connectivity index (χ1v) is 8.00. The van der Waals surface area contributed by atoms with Crippen LogP contribution in [0.25, 0.3) is 11.0 Å². The Morgan fingerprint density at radius 3 is 2.73 bits per heavy atom. The number of ether oxygens (including phenoxy) is 1. The van der Waals surface area contributed by atoms with Gasteiger partial charge in [-0.2, -0.15) is 5.26 Å². The van der Waals surface area contributed by atoms with E-state index >= 15 is 0 Å². The SMILES string of the molecule is CON(C)C(=O)Cn1c(COc2ccccc2)nc2cc(C#N)ccc21. The van der Waals surface area contributed by atoms with Crippen LogP contribution in [0.2, 0.25) is 0 Å². The van der Waals surface area contributed by atoms with Crippen molar-refractivity contribution in [1.29, 1.82) is 5.26 Å². The molecule has 0 fully saturated rings. The van der Waals surface area contributed by atoms with Crippen LogP contribution < -0.4 is 4.74 Å². The molecule has 0 bridgehead atoms. The smallest absolute Gasteiger partial charge is 0.265 e. The standard InChI is InChI=1S/C19H18N4O3/c1-22(25-2)19(24)12-23-17-9-8-14(11-20)10-16(17)21-18(23)13-26-15-6-4-3-5-7-15/h3-10H,12-13H2,1-2H3. The van der Waals surface area contributed by atoms with Gasteiger partial charge in [0.1, 0.15) is 24.7 Å². The lowest BCUT2D eigenvalue weighted by Gasteiger charge is -2.16. The summed E-state index contributed by atoms with van der Waals surface area (Å²) in [5, 5.41) is 10.3. The van der Waals surface area contributed by atoms with E-state index in [4.69, 9.17) is 14.8 Å².